The summed E-state index contributed by atoms with van der Waals surface area (Å²) in [6.07, 6.45) is 0. The molecule has 8 heteroatoms. The number of carbonyl (C=O) groups is 3. The zero-order chi connectivity index (χ0) is 30.0. The molecule has 0 saturated heterocycles. The zero-order valence-corrected chi connectivity index (χ0v) is 25.3. The Bertz CT molecular complexity index is 1390. The molecule has 0 atom stereocenters. The average molecular weight is 565 g/mol. The van der Waals surface area contributed by atoms with E-state index in [2.05, 4.69) is 0 Å². The maximum atomic E-state index is 14.4. The van der Waals surface area contributed by atoms with Gasteiger partial charge in [0.15, 0.2) is 5.78 Å². The predicted octanol–water partition coefficient (Wildman–Crippen LogP) is 6.85. The number of ketones is 1. The van der Waals surface area contributed by atoms with E-state index in [0.29, 0.717) is 33.6 Å². The number of benzene rings is 3. The highest BCUT2D eigenvalue weighted by atomic mass is 31.2. The van der Waals surface area contributed by atoms with E-state index in [0.717, 1.165) is 11.1 Å². The lowest BCUT2D eigenvalue weighted by Gasteiger charge is -2.21. The second-order valence-electron chi connectivity index (χ2n) is 10.8. The highest BCUT2D eigenvalue weighted by molar-refractivity contribution is 7.91. The molecule has 0 bridgehead atoms. The van der Waals surface area contributed by atoms with Crippen LogP contribution < -0.4 is 4.74 Å². The predicted molar refractivity (Wildman–Crippen MR) is 156 cm³/mol. The van der Waals surface area contributed by atoms with Crippen molar-refractivity contribution in [3.63, 3.8) is 0 Å². The zero-order valence-electron chi connectivity index (χ0n) is 24.4. The summed E-state index contributed by atoms with van der Waals surface area (Å²) in [5.41, 5.74) is 1.97. The normalized spacial score (nSPS) is 11.8. The van der Waals surface area contributed by atoms with Crippen LogP contribution in [-0.2, 0) is 9.09 Å². The summed E-state index contributed by atoms with van der Waals surface area (Å²) in [5.74, 6) is -0.0254. The summed E-state index contributed by atoms with van der Waals surface area (Å²) >= 11 is 0. The molecule has 0 aromatic heterocycles. The lowest BCUT2D eigenvalue weighted by atomic mass is 9.97. The quantitative estimate of drug-likeness (QED) is 0.154. The largest absolute Gasteiger partial charge is 0.491 e. The van der Waals surface area contributed by atoms with Crippen molar-refractivity contribution in [2.75, 3.05) is 13.2 Å². The van der Waals surface area contributed by atoms with Gasteiger partial charge in [-0.25, -0.2) is 0 Å². The highest BCUT2D eigenvalue weighted by Gasteiger charge is 2.45. The molecule has 0 amide bonds. The lowest BCUT2D eigenvalue weighted by molar-refractivity contribution is 0.0488. The first-order chi connectivity index (χ1) is 18.6. The number of aliphatic hydroxyl groups is 1. The number of rotatable bonds is 11. The molecule has 0 aliphatic rings. The van der Waals surface area contributed by atoms with E-state index in [1.807, 2.05) is 38.1 Å². The van der Waals surface area contributed by atoms with Crippen molar-refractivity contribution in [1.82, 2.24) is 0 Å². The van der Waals surface area contributed by atoms with Gasteiger partial charge in [0.25, 0.3) is 11.0 Å². The molecule has 0 saturated carbocycles. The topological polar surface area (TPSA) is 107 Å². The molecule has 1 N–H and O–H groups in total. The van der Waals surface area contributed by atoms with E-state index in [1.54, 1.807) is 39.8 Å². The van der Waals surface area contributed by atoms with Crippen molar-refractivity contribution < 1.29 is 33.3 Å². The van der Waals surface area contributed by atoms with E-state index < -0.39 is 29.8 Å². The maximum Gasteiger partial charge on any atom is 0.340 e. The first kappa shape index (κ1) is 31.2. The number of carbonyl (C=O) groups excluding carboxylic acids is 3. The van der Waals surface area contributed by atoms with Gasteiger partial charge < -0.3 is 14.4 Å². The van der Waals surface area contributed by atoms with Gasteiger partial charge in [0, 0.05) is 16.7 Å². The van der Waals surface area contributed by atoms with Crippen LogP contribution in [0, 0.1) is 41.5 Å². The molecular formula is C32H37O7P. The van der Waals surface area contributed by atoms with E-state index in [9.17, 15) is 24.1 Å². The molecule has 3 aromatic rings. The van der Waals surface area contributed by atoms with Crippen LogP contribution in [0.3, 0.4) is 0 Å². The fraction of sp³-hybridized carbons (Fsp3) is 0.344. The van der Waals surface area contributed by atoms with Crippen LogP contribution in [0.2, 0.25) is 0 Å². The smallest absolute Gasteiger partial charge is 0.340 e. The first-order valence-corrected chi connectivity index (χ1v) is 14.7. The SMILES string of the molecule is Cc1cc(C)c(C(=O)P(=O)(OCCOc2ccc(C(=O)C(C)(C)O)cc2)C(=O)c2c(C)cc(C)cc2C)c(C)c1. The molecule has 40 heavy (non-hydrogen) atoms. The number of ether oxygens (including phenoxy) is 1. The van der Waals surface area contributed by atoms with Gasteiger partial charge in [-0.15, -0.1) is 0 Å². The summed E-state index contributed by atoms with van der Waals surface area (Å²) in [5, 5.41) is 9.93. The minimum atomic E-state index is -4.57. The second kappa shape index (κ2) is 12.0. The molecule has 0 heterocycles. The molecule has 212 valence electrons. The minimum absolute atomic E-state index is 0.0962. The molecule has 0 aliphatic heterocycles. The Morgan fingerprint density at radius 2 is 1.12 bits per heavy atom. The Hall–Kier alpha value is -3.38. The Kier molecular flexibility index (Phi) is 9.35. The van der Waals surface area contributed by atoms with Crippen molar-refractivity contribution in [1.29, 1.82) is 0 Å². The fourth-order valence-electron chi connectivity index (χ4n) is 4.92. The molecule has 0 radical (unpaired) electrons. The van der Waals surface area contributed by atoms with Gasteiger partial charge in [0.1, 0.15) is 18.0 Å². The maximum absolute atomic E-state index is 14.4. The molecule has 3 aromatic carbocycles. The molecule has 0 fully saturated rings. The first-order valence-electron chi connectivity index (χ1n) is 13.1. The van der Waals surface area contributed by atoms with Crippen molar-refractivity contribution in [3.8, 4) is 5.75 Å². The van der Waals surface area contributed by atoms with Gasteiger partial charge in [-0.05, 0) is 102 Å². The van der Waals surface area contributed by atoms with Gasteiger partial charge >= 0.3 is 7.37 Å². The monoisotopic (exact) mass is 564 g/mol. The summed E-state index contributed by atoms with van der Waals surface area (Å²) in [7, 11) is -4.57. The molecule has 0 spiro atoms. The van der Waals surface area contributed by atoms with Gasteiger partial charge in [-0.2, -0.15) is 0 Å². The number of hydrogen-bond donors (Lipinski definition) is 1. The fourth-order valence-corrected chi connectivity index (χ4v) is 6.96. The Labute approximate surface area is 236 Å². The Morgan fingerprint density at radius 1 is 0.725 bits per heavy atom. The van der Waals surface area contributed by atoms with Gasteiger partial charge in [0.2, 0.25) is 0 Å². The third-order valence-corrected chi connectivity index (χ3v) is 8.68. The lowest BCUT2D eigenvalue weighted by Crippen LogP contribution is -2.30. The number of aryl methyl sites for hydroxylation is 6. The van der Waals surface area contributed by atoms with E-state index >= 15 is 0 Å². The summed E-state index contributed by atoms with van der Waals surface area (Å²) < 4.78 is 25.8. The standard InChI is InChI=1S/C32H37O7P/c1-19-15-21(3)27(22(4)16-19)30(34)40(37,31(35)28-23(5)17-20(2)18-24(28)6)39-14-13-38-26-11-9-25(10-12-26)29(33)32(7,8)36/h9-12,15-18,36H,13-14H2,1-8H3. The molecule has 0 unspecified atom stereocenters. The van der Waals surface area contributed by atoms with Gasteiger partial charge in [-0.1, -0.05) is 35.4 Å². The Morgan fingerprint density at radius 3 is 1.50 bits per heavy atom. The van der Waals surface area contributed by atoms with Crippen molar-refractivity contribution in [3.05, 3.63) is 98.6 Å². The third-order valence-electron chi connectivity index (χ3n) is 6.61. The summed E-state index contributed by atoms with van der Waals surface area (Å²) in [6.45, 7) is 13.2. The second-order valence-corrected chi connectivity index (χ2v) is 13.0. The summed E-state index contributed by atoms with van der Waals surface area (Å²) in [4.78, 5) is 40.0. The van der Waals surface area contributed by atoms with E-state index in [1.165, 1.54) is 26.0 Å². The summed E-state index contributed by atoms with van der Waals surface area (Å²) in [6, 6.07) is 13.4. The van der Waals surface area contributed by atoms with Crippen LogP contribution in [0.15, 0.2) is 48.5 Å². The average Bonchev–Trinajstić information content (AvgIpc) is 2.84. The van der Waals surface area contributed by atoms with Crippen LogP contribution in [0.25, 0.3) is 0 Å². The Balaban J connectivity index is 1.89. The van der Waals surface area contributed by atoms with Crippen molar-refractivity contribution >= 4 is 24.2 Å². The van der Waals surface area contributed by atoms with Gasteiger partial charge in [0.05, 0.1) is 6.61 Å². The molecule has 3 rings (SSSR count). The van der Waals surface area contributed by atoms with Crippen LogP contribution in [0.4, 0.5) is 0 Å². The van der Waals surface area contributed by atoms with E-state index in [4.69, 9.17) is 9.26 Å². The van der Waals surface area contributed by atoms with Crippen LogP contribution in [0.5, 0.6) is 5.75 Å². The third kappa shape index (κ3) is 6.67. The van der Waals surface area contributed by atoms with Crippen molar-refractivity contribution in [2.45, 2.75) is 61.0 Å². The van der Waals surface area contributed by atoms with Crippen molar-refractivity contribution in [2.24, 2.45) is 0 Å². The highest BCUT2D eigenvalue weighted by Crippen LogP contribution is 2.54. The van der Waals surface area contributed by atoms with E-state index in [-0.39, 0.29) is 24.3 Å². The van der Waals surface area contributed by atoms with Crippen LogP contribution in [-0.4, -0.2) is 40.8 Å². The minimum Gasteiger partial charge on any atom is -0.491 e. The van der Waals surface area contributed by atoms with Crippen LogP contribution >= 0.6 is 7.37 Å². The molecular weight excluding hydrogens is 527 g/mol. The van der Waals surface area contributed by atoms with Crippen LogP contribution in [0.1, 0.15) is 78.3 Å². The molecule has 7 nitrogen and oxygen atoms in total. The number of Topliss-reactive ketones (excluding diaryl/α,β-unsaturated/α-hetero) is 1. The van der Waals surface area contributed by atoms with Gasteiger partial charge in [-0.3, -0.25) is 18.9 Å². The number of hydrogen-bond acceptors (Lipinski definition) is 7. The molecule has 0 aliphatic carbocycles.